The van der Waals surface area contributed by atoms with Crippen LogP contribution in [0.5, 0.6) is 0 Å². The lowest BCUT2D eigenvalue weighted by Gasteiger charge is -2.31. The number of hydrogen-bond donors (Lipinski definition) is 0. The Hall–Kier alpha value is -0.0900. The van der Waals surface area contributed by atoms with Crippen molar-refractivity contribution >= 4 is 9.84 Å². The van der Waals surface area contributed by atoms with E-state index in [0.717, 1.165) is 0 Å². The van der Waals surface area contributed by atoms with Crippen LogP contribution in [0, 0.1) is 0 Å². The van der Waals surface area contributed by atoms with Crippen LogP contribution in [0.25, 0.3) is 0 Å². The zero-order valence-electron chi connectivity index (χ0n) is 9.29. The predicted octanol–water partition coefficient (Wildman–Crippen LogP) is 1.15. The van der Waals surface area contributed by atoms with Crippen LogP contribution in [-0.2, 0) is 9.84 Å². The van der Waals surface area contributed by atoms with E-state index in [1.807, 2.05) is 7.05 Å². The fraction of sp³-hybridized carbons (Fsp3) is 1.00. The molecule has 0 rings (SSSR count). The van der Waals surface area contributed by atoms with Crippen LogP contribution < -0.4 is 0 Å². The summed E-state index contributed by atoms with van der Waals surface area (Å²) in [6, 6.07) is 0. The largest absolute Gasteiger partial charge is 0.301 e. The standard InChI is InChI=1S/C9H21NO2S/c1-6-13(11,12)8-7-10(5)9(2,3)4/h6-8H2,1-5H3. The molecule has 3 nitrogen and oxygen atoms in total. The smallest absolute Gasteiger partial charge is 0.151 e. The molecule has 0 N–H and O–H groups in total. The maximum Gasteiger partial charge on any atom is 0.151 e. The Morgan fingerprint density at radius 3 is 2.00 bits per heavy atom. The van der Waals surface area contributed by atoms with Gasteiger partial charge in [-0.2, -0.15) is 0 Å². The first-order valence-corrected chi connectivity index (χ1v) is 6.43. The fourth-order valence-corrected chi connectivity index (χ4v) is 1.60. The van der Waals surface area contributed by atoms with Crippen molar-refractivity contribution in [3.8, 4) is 0 Å². The Balaban J connectivity index is 4.05. The topological polar surface area (TPSA) is 37.4 Å². The lowest BCUT2D eigenvalue weighted by molar-refractivity contribution is 0.186. The summed E-state index contributed by atoms with van der Waals surface area (Å²) in [4.78, 5) is 2.06. The van der Waals surface area contributed by atoms with E-state index in [2.05, 4.69) is 25.7 Å². The van der Waals surface area contributed by atoms with Gasteiger partial charge in [-0.05, 0) is 27.8 Å². The molecule has 0 aromatic carbocycles. The van der Waals surface area contributed by atoms with Crippen molar-refractivity contribution in [1.82, 2.24) is 4.90 Å². The van der Waals surface area contributed by atoms with Gasteiger partial charge in [0.25, 0.3) is 0 Å². The third kappa shape index (κ3) is 5.26. The second-order valence-corrected chi connectivity index (χ2v) is 6.80. The Kier molecular flexibility index (Phi) is 4.39. The van der Waals surface area contributed by atoms with Crippen molar-refractivity contribution in [1.29, 1.82) is 0 Å². The summed E-state index contributed by atoms with van der Waals surface area (Å²) >= 11 is 0. The van der Waals surface area contributed by atoms with Gasteiger partial charge in [0.2, 0.25) is 0 Å². The molecule has 0 radical (unpaired) electrons. The van der Waals surface area contributed by atoms with E-state index < -0.39 is 9.84 Å². The SMILES string of the molecule is CCS(=O)(=O)CCN(C)C(C)(C)C. The minimum absolute atomic E-state index is 0.0449. The molecule has 0 aliphatic rings. The molecule has 0 atom stereocenters. The Morgan fingerprint density at radius 2 is 1.69 bits per heavy atom. The van der Waals surface area contributed by atoms with Gasteiger partial charge in [-0.1, -0.05) is 6.92 Å². The molecule has 4 heteroatoms. The third-order valence-electron chi connectivity index (χ3n) is 2.32. The molecule has 0 saturated heterocycles. The van der Waals surface area contributed by atoms with E-state index in [-0.39, 0.29) is 17.0 Å². The third-order valence-corrected chi connectivity index (χ3v) is 4.01. The first-order valence-electron chi connectivity index (χ1n) is 4.60. The second-order valence-electron chi connectivity index (χ2n) is 4.33. The average Bonchev–Trinajstić information content (AvgIpc) is 1.98. The molecule has 0 aromatic rings. The summed E-state index contributed by atoms with van der Waals surface area (Å²) in [5.41, 5.74) is 0.0449. The van der Waals surface area contributed by atoms with E-state index in [0.29, 0.717) is 6.54 Å². The highest BCUT2D eigenvalue weighted by Gasteiger charge is 2.18. The van der Waals surface area contributed by atoms with Gasteiger partial charge in [-0.15, -0.1) is 0 Å². The van der Waals surface area contributed by atoms with Crippen LogP contribution in [0.3, 0.4) is 0 Å². The lowest BCUT2D eigenvalue weighted by atomic mass is 10.1. The molecule has 13 heavy (non-hydrogen) atoms. The second kappa shape index (κ2) is 4.42. The molecule has 0 saturated carbocycles. The molecule has 0 unspecified atom stereocenters. The van der Waals surface area contributed by atoms with E-state index in [1.165, 1.54) is 0 Å². The van der Waals surface area contributed by atoms with Gasteiger partial charge in [0.05, 0.1) is 5.75 Å². The highest BCUT2D eigenvalue weighted by Crippen LogP contribution is 2.09. The molecule has 0 aliphatic carbocycles. The molecule has 80 valence electrons. The molecular weight excluding hydrogens is 186 g/mol. The van der Waals surface area contributed by atoms with Gasteiger partial charge in [0, 0.05) is 17.8 Å². The van der Waals surface area contributed by atoms with Crippen molar-refractivity contribution < 1.29 is 8.42 Å². The van der Waals surface area contributed by atoms with Gasteiger partial charge in [0.15, 0.2) is 9.84 Å². The van der Waals surface area contributed by atoms with Crippen molar-refractivity contribution in [3.05, 3.63) is 0 Å². The molecule has 0 spiro atoms. The number of sulfone groups is 1. The fourth-order valence-electron chi connectivity index (χ4n) is 0.756. The highest BCUT2D eigenvalue weighted by atomic mass is 32.2. The van der Waals surface area contributed by atoms with E-state index in [1.54, 1.807) is 6.92 Å². The van der Waals surface area contributed by atoms with E-state index in [4.69, 9.17) is 0 Å². The van der Waals surface area contributed by atoms with Gasteiger partial charge in [-0.25, -0.2) is 8.42 Å². The van der Waals surface area contributed by atoms with Crippen molar-refractivity contribution in [2.75, 3.05) is 25.1 Å². The molecule has 0 aromatic heterocycles. The highest BCUT2D eigenvalue weighted by molar-refractivity contribution is 7.91. The predicted molar refractivity (Wildman–Crippen MR) is 56.7 cm³/mol. The van der Waals surface area contributed by atoms with Crippen LogP contribution in [0.1, 0.15) is 27.7 Å². The summed E-state index contributed by atoms with van der Waals surface area (Å²) in [7, 11) is -0.867. The lowest BCUT2D eigenvalue weighted by Crippen LogP contribution is -2.40. The summed E-state index contributed by atoms with van der Waals surface area (Å²) in [5, 5.41) is 0. The molecule has 0 heterocycles. The first kappa shape index (κ1) is 12.9. The Bertz CT molecular complexity index is 239. The summed E-state index contributed by atoms with van der Waals surface area (Å²) in [6.45, 7) is 8.52. The van der Waals surface area contributed by atoms with Gasteiger partial charge in [0.1, 0.15) is 0 Å². The molecule has 0 aliphatic heterocycles. The molecule has 0 amide bonds. The van der Waals surface area contributed by atoms with Crippen molar-refractivity contribution in [3.63, 3.8) is 0 Å². The van der Waals surface area contributed by atoms with Crippen molar-refractivity contribution in [2.45, 2.75) is 33.2 Å². The molecular formula is C9H21NO2S. The first-order chi connectivity index (χ1) is 5.69. The maximum absolute atomic E-state index is 11.2. The number of nitrogens with zero attached hydrogens (tertiary/aromatic N) is 1. The van der Waals surface area contributed by atoms with Crippen LogP contribution in [0.2, 0.25) is 0 Å². The molecule has 0 fully saturated rings. The molecule has 0 bridgehead atoms. The summed E-state index contributed by atoms with van der Waals surface area (Å²) in [6.07, 6.45) is 0. The average molecular weight is 207 g/mol. The minimum atomic E-state index is -2.82. The van der Waals surface area contributed by atoms with Gasteiger partial charge < -0.3 is 4.90 Å². The van der Waals surface area contributed by atoms with Crippen LogP contribution in [0.15, 0.2) is 0 Å². The van der Waals surface area contributed by atoms with Crippen LogP contribution in [-0.4, -0.2) is 44.0 Å². The summed E-state index contributed by atoms with van der Waals surface area (Å²) < 4.78 is 22.4. The monoisotopic (exact) mass is 207 g/mol. The number of hydrogen-bond acceptors (Lipinski definition) is 3. The van der Waals surface area contributed by atoms with Crippen LogP contribution >= 0.6 is 0 Å². The Labute approximate surface area is 82.0 Å². The van der Waals surface area contributed by atoms with Crippen molar-refractivity contribution in [2.24, 2.45) is 0 Å². The van der Waals surface area contributed by atoms with Crippen LogP contribution in [0.4, 0.5) is 0 Å². The maximum atomic E-state index is 11.2. The summed E-state index contributed by atoms with van der Waals surface area (Å²) in [5.74, 6) is 0.502. The van der Waals surface area contributed by atoms with Gasteiger partial charge >= 0.3 is 0 Å². The number of rotatable bonds is 4. The quantitative estimate of drug-likeness (QED) is 0.694. The minimum Gasteiger partial charge on any atom is -0.301 e. The van der Waals surface area contributed by atoms with Gasteiger partial charge in [-0.3, -0.25) is 0 Å². The zero-order valence-corrected chi connectivity index (χ0v) is 10.1. The normalized spacial score (nSPS) is 13.7. The van der Waals surface area contributed by atoms with E-state index in [9.17, 15) is 8.42 Å². The Morgan fingerprint density at radius 1 is 1.23 bits per heavy atom. The zero-order chi connectivity index (χ0) is 10.7. The van der Waals surface area contributed by atoms with E-state index >= 15 is 0 Å².